The highest BCUT2D eigenvalue weighted by Crippen LogP contribution is 2.17. The van der Waals surface area contributed by atoms with E-state index in [4.69, 9.17) is 11.6 Å². The fourth-order valence-electron chi connectivity index (χ4n) is 1.65. The summed E-state index contributed by atoms with van der Waals surface area (Å²) in [5, 5.41) is 0.443. The standard InChI is InChI=1S/C10H20ClN/c1-3-9(2)8-12-6-4-10(11)5-7-12/h9-10H,3-8H2,1-2H3. The molecule has 0 aromatic heterocycles. The second-order valence-corrected chi connectivity index (χ2v) is 4.61. The first-order valence-electron chi connectivity index (χ1n) is 5.08. The van der Waals surface area contributed by atoms with E-state index in [0.717, 1.165) is 5.92 Å². The number of alkyl halides is 1. The van der Waals surface area contributed by atoms with Crippen LogP contribution in [0, 0.1) is 5.92 Å². The van der Waals surface area contributed by atoms with Crippen molar-refractivity contribution in [2.45, 2.75) is 38.5 Å². The van der Waals surface area contributed by atoms with E-state index in [2.05, 4.69) is 18.7 Å². The van der Waals surface area contributed by atoms with E-state index < -0.39 is 0 Å². The van der Waals surface area contributed by atoms with Gasteiger partial charge in [-0.25, -0.2) is 0 Å². The SMILES string of the molecule is CCC(C)CN1CCC(Cl)CC1. The van der Waals surface area contributed by atoms with Crippen LogP contribution in [0.1, 0.15) is 33.1 Å². The average Bonchev–Trinajstić information content (AvgIpc) is 2.09. The van der Waals surface area contributed by atoms with Gasteiger partial charge in [-0.1, -0.05) is 20.3 Å². The van der Waals surface area contributed by atoms with Crippen molar-refractivity contribution in [3.05, 3.63) is 0 Å². The lowest BCUT2D eigenvalue weighted by molar-refractivity contribution is 0.201. The molecule has 0 aromatic carbocycles. The monoisotopic (exact) mass is 189 g/mol. The molecule has 12 heavy (non-hydrogen) atoms. The zero-order valence-electron chi connectivity index (χ0n) is 8.22. The highest BCUT2D eigenvalue weighted by atomic mass is 35.5. The van der Waals surface area contributed by atoms with Crippen molar-refractivity contribution in [1.29, 1.82) is 0 Å². The van der Waals surface area contributed by atoms with Crippen LogP contribution in [0.2, 0.25) is 0 Å². The van der Waals surface area contributed by atoms with Crippen molar-refractivity contribution in [2.75, 3.05) is 19.6 Å². The number of hydrogen-bond acceptors (Lipinski definition) is 1. The van der Waals surface area contributed by atoms with Crippen molar-refractivity contribution >= 4 is 11.6 Å². The van der Waals surface area contributed by atoms with E-state index in [1.807, 2.05) is 0 Å². The molecule has 1 rings (SSSR count). The molecule has 1 heterocycles. The van der Waals surface area contributed by atoms with Crippen molar-refractivity contribution in [3.63, 3.8) is 0 Å². The maximum absolute atomic E-state index is 6.03. The van der Waals surface area contributed by atoms with E-state index >= 15 is 0 Å². The van der Waals surface area contributed by atoms with Gasteiger partial charge in [0.05, 0.1) is 0 Å². The number of hydrogen-bond donors (Lipinski definition) is 0. The van der Waals surface area contributed by atoms with Crippen LogP contribution in [-0.4, -0.2) is 29.9 Å². The quantitative estimate of drug-likeness (QED) is 0.618. The minimum absolute atomic E-state index is 0.443. The second-order valence-electron chi connectivity index (χ2n) is 3.99. The molecule has 1 saturated heterocycles. The van der Waals surface area contributed by atoms with E-state index in [-0.39, 0.29) is 0 Å². The van der Waals surface area contributed by atoms with Crippen LogP contribution in [0.5, 0.6) is 0 Å². The van der Waals surface area contributed by atoms with Crippen LogP contribution in [0.4, 0.5) is 0 Å². The molecule has 1 atom stereocenters. The number of piperidine rings is 1. The van der Waals surface area contributed by atoms with Crippen LogP contribution >= 0.6 is 11.6 Å². The van der Waals surface area contributed by atoms with Gasteiger partial charge in [0.15, 0.2) is 0 Å². The Kier molecular flexibility index (Phi) is 4.38. The largest absolute Gasteiger partial charge is 0.303 e. The lowest BCUT2D eigenvalue weighted by Gasteiger charge is -2.30. The molecule has 0 amide bonds. The summed E-state index contributed by atoms with van der Waals surface area (Å²) >= 11 is 6.03. The molecule has 0 radical (unpaired) electrons. The van der Waals surface area contributed by atoms with Gasteiger partial charge < -0.3 is 4.90 Å². The fraction of sp³-hybridized carbons (Fsp3) is 1.00. The lowest BCUT2D eigenvalue weighted by Crippen LogP contribution is -2.36. The van der Waals surface area contributed by atoms with Gasteiger partial charge in [0.25, 0.3) is 0 Å². The summed E-state index contributed by atoms with van der Waals surface area (Å²) in [5.41, 5.74) is 0. The fourth-order valence-corrected chi connectivity index (χ4v) is 1.85. The van der Waals surface area contributed by atoms with Crippen LogP contribution in [-0.2, 0) is 0 Å². The van der Waals surface area contributed by atoms with E-state index in [0.29, 0.717) is 5.38 Å². The molecule has 2 heteroatoms. The van der Waals surface area contributed by atoms with Crippen LogP contribution < -0.4 is 0 Å². The normalized spacial score (nSPS) is 24.2. The maximum Gasteiger partial charge on any atom is 0.0360 e. The maximum atomic E-state index is 6.03. The second kappa shape index (κ2) is 5.08. The van der Waals surface area contributed by atoms with Crippen LogP contribution in [0.3, 0.4) is 0 Å². The van der Waals surface area contributed by atoms with Gasteiger partial charge in [-0.15, -0.1) is 11.6 Å². The topological polar surface area (TPSA) is 3.24 Å². The summed E-state index contributed by atoms with van der Waals surface area (Å²) in [6.45, 7) is 8.27. The Morgan fingerprint density at radius 1 is 1.42 bits per heavy atom. The van der Waals surface area contributed by atoms with Crippen molar-refractivity contribution in [3.8, 4) is 0 Å². The highest BCUT2D eigenvalue weighted by molar-refractivity contribution is 6.20. The van der Waals surface area contributed by atoms with Crippen molar-refractivity contribution in [2.24, 2.45) is 5.92 Å². The third-order valence-electron chi connectivity index (χ3n) is 2.78. The summed E-state index contributed by atoms with van der Waals surface area (Å²) in [5.74, 6) is 0.844. The number of likely N-dealkylation sites (tertiary alicyclic amines) is 1. The molecule has 0 aliphatic carbocycles. The smallest absolute Gasteiger partial charge is 0.0360 e. The first-order valence-corrected chi connectivity index (χ1v) is 5.52. The Hall–Kier alpha value is 0.250. The minimum Gasteiger partial charge on any atom is -0.303 e. The van der Waals surface area contributed by atoms with Gasteiger partial charge in [-0.05, 0) is 31.8 Å². The molecule has 1 aliphatic rings. The molecule has 1 unspecified atom stereocenters. The first kappa shape index (κ1) is 10.3. The van der Waals surface area contributed by atoms with E-state index in [9.17, 15) is 0 Å². The number of rotatable bonds is 3. The Morgan fingerprint density at radius 3 is 2.50 bits per heavy atom. The van der Waals surface area contributed by atoms with Crippen LogP contribution in [0.25, 0.3) is 0 Å². The summed E-state index contributed by atoms with van der Waals surface area (Å²) in [4.78, 5) is 2.55. The Bertz CT molecular complexity index is 119. The van der Waals surface area contributed by atoms with Gasteiger partial charge in [0.2, 0.25) is 0 Å². The first-order chi connectivity index (χ1) is 5.72. The van der Waals surface area contributed by atoms with Gasteiger partial charge in [0, 0.05) is 11.9 Å². The predicted molar refractivity (Wildman–Crippen MR) is 54.8 cm³/mol. The molecule has 0 N–H and O–H groups in total. The molecule has 0 spiro atoms. The molecule has 72 valence electrons. The van der Waals surface area contributed by atoms with Gasteiger partial charge in [0.1, 0.15) is 0 Å². The third kappa shape index (κ3) is 3.32. The lowest BCUT2D eigenvalue weighted by atomic mass is 10.1. The molecule has 1 aliphatic heterocycles. The molecule has 0 bridgehead atoms. The molecule has 1 nitrogen and oxygen atoms in total. The Labute approximate surface area is 81.1 Å². The summed E-state index contributed by atoms with van der Waals surface area (Å²) in [7, 11) is 0. The van der Waals surface area contributed by atoms with Crippen molar-refractivity contribution in [1.82, 2.24) is 4.90 Å². The van der Waals surface area contributed by atoms with Gasteiger partial charge in [-0.2, -0.15) is 0 Å². The molecular formula is C10H20ClN. The van der Waals surface area contributed by atoms with E-state index in [1.165, 1.54) is 38.9 Å². The highest BCUT2D eigenvalue weighted by Gasteiger charge is 2.17. The van der Waals surface area contributed by atoms with E-state index in [1.54, 1.807) is 0 Å². The Balaban J connectivity index is 2.17. The molecule has 0 aromatic rings. The predicted octanol–water partition coefficient (Wildman–Crippen LogP) is 2.74. The summed E-state index contributed by atoms with van der Waals surface area (Å²) < 4.78 is 0. The van der Waals surface area contributed by atoms with Crippen molar-refractivity contribution < 1.29 is 0 Å². The Morgan fingerprint density at radius 2 is 2.00 bits per heavy atom. The molecule has 1 fully saturated rings. The van der Waals surface area contributed by atoms with Gasteiger partial charge >= 0.3 is 0 Å². The van der Waals surface area contributed by atoms with Crippen LogP contribution in [0.15, 0.2) is 0 Å². The zero-order valence-corrected chi connectivity index (χ0v) is 8.98. The summed E-state index contributed by atoms with van der Waals surface area (Å²) in [6, 6.07) is 0. The third-order valence-corrected chi connectivity index (χ3v) is 3.22. The average molecular weight is 190 g/mol. The number of nitrogens with zero attached hydrogens (tertiary/aromatic N) is 1. The zero-order chi connectivity index (χ0) is 8.97. The molecular weight excluding hydrogens is 170 g/mol. The molecule has 0 saturated carbocycles. The minimum atomic E-state index is 0.443. The van der Waals surface area contributed by atoms with Gasteiger partial charge in [-0.3, -0.25) is 0 Å². The summed E-state index contributed by atoms with van der Waals surface area (Å²) in [6.07, 6.45) is 3.65. The number of halogens is 1.